The zero-order valence-corrected chi connectivity index (χ0v) is 9.23. The molecule has 0 amide bonds. The molecule has 3 rings (SSSR count). The van der Waals surface area contributed by atoms with Crippen LogP contribution in [-0.2, 0) is 0 Å². The molecule has 0 saturated heterocycles. The van der Waals surface area contributed by atoms with E-state index in [-0.39, 0.29) is 0 Å². The Balaban J connectivity index is 2.69. The zero-order chi connectivity index (χ0) is 11.1. The Bertz CT molecular complexity index is 628. The van der Waals surface area contributed by atoms with Gasteiger partial charge in [-0.2, -0.15) is 0 Å². The molecule has 2 heterocycles. The second kappa shape index (κ2) is 3.23. The lowest BCUT2D eigenvalue weighted by molar-refractivity contribution is 1.26. The number of pyridine rings is 1. The smallest absolute Gasteiger partial charge is 0.0983 e. The lowest BCUT2D eigenvalue weighted by atomic mass is 10.00. The van der Waals surface area contributed by atoms with Crippen molar-refractivity contribution in [3.63, 3.8) is 0 Å². The summed E-state index contributed by atoms with van der Waals surface area (Å²) < 4.78 is 0. The van der Waals surface area contributed by atoms with E-state index in [4.69, 9.17) is 0 Å². The molecule has 0 aliphatic heterocycles. The standard InChI is InChI=1S/C13H11N3/c1-8-9(2)12-13(16-6-5-15-12)11-7-14-4-3-10(8)11/h3-7H,1-2H3. The van der Waals surface area contributed by atoms with Crippen molar-refractivity contribution in [1.82, 2.24) is 15.0 Å². The summed E-state index contributed by atoms with van der Waals surface area (Å²) in [5.41, 5.74) is 4.36. The first-order valence-electron chi connectivity index (χ1n) is 5.22. The maximum absolute atomic E-state index is 4.41. The summed E-state index contributed by atoms with van der Waals surface area (Å²) in [6.45, 7) is 4.21. The predicted octanol–water partition coefficient (Wildman–Crippen LogP) is 2.79. The van der Waals surface area contributed by atoms with Gasteiger partial charge in [-0.15, -0.1) is 0 Å². The van der Waals surface area contributed by atoms with Crippen LogP contribution in [0.25, 0.3) is 21.8 Å². The molecule has 78 valence electrons. The molecule has 3 heteroatoms. The fourth-order valence-corrected chi connectivity index (χ4v) is 2.10. The number of benzene rings is 1. The van der Waals surface area contributed by atoms with E-state index in [1.807, 2.05) is 18.5 Å². The van der Waals surface area contributed by atoms with Gasteiger partial charge in [-0.1, -0.05) is 0 Å². The van der Waals surface area contributed by atoms with Crippen LogP contribution in [0.15, 0.2) is 30.9 Å². The normalized spacial score (nSPS) is 11.1. The molecule has 0 atom stereocenters. The van der Waals surface area contributed by atoms with E-state index in [9.17, 15) is 0 Å². The molecule has 0 unspecified atom stereocenters. The van der Waals surface area contributed by atoms with Crippen molar-refractivity contribution >= 4 is 21.8 Å². The van der Waals surface area contributed by atoms with Crippen LogP contribution in [0.2, 0.25) is 0 Å². The summed E-state index contributed by atoms with van der Waals surface area (Å²) in [4.78, 5) is 13.0. The highest BCUT2D eigenvalue weighted by Crippen LogP contribution is 2.28. The molecular formula is C13H11N3. The Labute approximate surface area is 93.2 Å². The van der Waals surface area contributed by atoms with Crippen molar-refractivity contribution in [2.24, 2.45) is 0 Å². The first kappa shape index (κ1) is 9.21. The molecule has 0 aliphatic carbocycles. The highest BCUT2D eigenvalue weighted by atomic mass is 14.8. The minimum atomic E-state index is 0.939. The molecule has 0 bridgehead atoms. The molecule has 0 fully saturated rings. The summed E-state index contributed by atoms with van der Waals surface area (Å²) in [5, 5.41) is 2.29. The summed E-state index contributed by atoms with van der Waals surface area (Å²) in [7, 11) is 0. The topological polar surface area (TPSA) is 38.7 Å². The predicted molar refractivity (Wildman–Crippen MR) is 64.3 cm³/mol. The Morgan fingerprint density at radius 2 is 1.56 bits per heavy atom. The average Bonchev–Trinajstić information content (AvgIpc) is 2.36. The Kier molecular flexibility index (Phi) is 1.86. The van der Waals surface area contributed by atoms with Crippen LogP contribution in [-0.4, -0.2) is 15.0 Å². The van der Waals surface area contributed by atoms with E-state index in [1.165, 1.54) is 16.5 Å². The number of hydrogen-bond donors (Lipinski definition) is 0. The van der Waals surface area contributed by atoms with Gasteiger partial charge >= 0.3 is 0 Å². The molecule has 0 radical (unpaired) electrons. The first-order chi connectivity index (χ1) is 7.79. The van der Waals surface area contributed by atoms with Gasteiger partial charge in [0.2, 0.25) is 0 Å². The van der Waals surface area contributed by atoms with Crippen molar-refractivity contribution < 1.29 is 0 Å². The third-order valence-electron chi connectivity index (χ3n) is 3.10. The minimum absolute atomic E-state index is 0.939. The first-order valence-corrected chi connectivity index (χ1v) is 5.22. The second-order valence-corrected chi connectivity index (χ2v) is 3.92. The van der Waals surface area contributed by atoms with Gasteiger partial charge in [-0.3, -0.25) is 15.0 Å². The second-order valence-electron chi connectivity index (χ2n) is 3.92. The van der Waals surface area contributed by atoms with E-state index in [2.05, 4.69) is 28.8 Å². The lowest BCUT2D eigenvalue weighted by Crippen LogP contribution is -1.92. The van der Waals surface area contributed by atoms with Crippen molar-refractivity contribution in [3.8, 4) is 0 Å². The SMILES string of the molecule is Cc1c(C)c2nccnc2c2cnccc12. The summed E-state index contributed by atoms with van der Waals surface area (Å²) in [6, 6.07) is 2.03. The van der Waals surface area contributed by atoms with Gasteiger partial charge in [-0.05, 0) is 36.4 Å². The minimum Gasteiger partial charge on any atom is -0.264 e. The number of rotatable bonds is 0. The van der Waals surface area contributed by atoms with E-state index in [0.717, 1.165) is 16.4 Å². The highest BCUT2D eigenvalue weighted by molar-refractivity contribution is 6.06. The highest BCUT2D eigenvalue weighted by Gasteiger charge is 2.09. The number of hydrogen-bond acceptors (Lipinski definition) is 3. The van der Waals surface area contributed by atoms with Crippen LogP contribution in [0.1, 0.15) is 11.1 Å². The van der Waals surface area contributed by atoms with Gasteiger partial charge in [0.15, 0.2) is 0 Å². The molecule has 0 N–H and O–H groups in total. The van der Waals surface area contributed by atoms with Gasteiger partial charge < -0.3 is 0 Å². The number of nitrogens with zero attached hydrogens (tertiary/aromatic N) is 3. The monoisotopic (exact) mass is 209 g/mol. The van der Waals surface area contributed by atoms with E-state index in [1.54, 1.807) is 12.4 Å². The van der Waals surface area contributed by atoms with Crippen molar-refractivity contribution in [2.75, 3.05) is 0 Å². The average molecular weight is 209 g/mol. The van der Waals surface area contributed by atoms with Crippen LogP contribution in [0.3, 0.4) is 0 Å². The third-order valence-corrected chi connectivity index (χ3v) is 3.10. The Hall–Kier alpha value is -2.03. The van der Waals surface area contributed by atoms with Crippen molar-refractivity contribution in [1.29, 1.82) is 0 Å². The summed E-state index contributed by atoms with van der Waals surface area (Å²) >= 11 is 0. The van der Waals surface area contributed by atoms with Crippen LogP contribution in [0.4, 0.5) is 0 Å². The fraction of sp³-hybridized carbons (Fsp3) is 0.154. The maximum Gasteiger partial charge on any atom is 0.0983 e. The number of aryl methyl sites for hydroxylation is 2. The zero-order valence-electron chi connectivity index (χ0n) is 9.23. The maximum atomic E-state index is 4.41. The Morgan fingerprint density at radius 3 is 2.38 bits per heavy atom. The van der Waals surface area contributed by atoms with Gasteiger partial charge in [-0.25, -0.2) is 0 Å². The Morgan fingerprint density at radius 1 is 0.812 bits per heavy atom. The van der Waals surface area contributed by atoms with Crippen molar-refractivity contribution in [3.05, 3.63) is 42.0 Å². The van der Waals surface area contributed by atoms with Crippen LogP contribution < -0.4 is 0 Å². The number of aromatic nitrogens is 3. The van der Waals surface area contributed by atoms with Gasteiger partial charge in [0, 0.05) is 30.2 Å². The van der Waals surface area contributed by atoms with Gasteiger partial charge in [0.05, 0.1) is 11.0 Å². The summed E-state index contributed by atoms with van der Waals surface area (Å²) in [6.07, 6.45) is 7.14. The number of fused-ring (bicyclic) bond motifs is 3. The molecule has 2 aromatic heterocycles. The molecular weight excluding hydrogens is 198 g/mol. The molecule has 0 spiro atoms. The van der Waals surface area contributed by atoms with Crippen LogP contribution in [0.5, 0.6) is 0 Å². The van der Waals surface area contributed by atoms with E-state index < -0.39 is 0 Å². The largest absolute Gasteiger partial charge is 0.264 e. The van der Waals surface area contributed by atoms with E-state index in [0.29, 0.717) is 0 Å². The van der Waals surface area contributed by atoms with Gasteiger partial charge in [0.1, 0.15) is 0 Å². The van der Waals surface area contributed by atoms with Crippen LogP contribution in [0, 0.1) is 13.8 Å². The molecule has 0 saturated carbocycles. The van der Waals surface area contributed by atoms with Gasteiger partial charge in [0.25, 0.3) is 0 Å². The quantitative estimate of drug-likeness (QED) is 0.534. The van der Waals surface area contributed by atoms with E-state index >= 15 is 0 Å². The third kappa shape index (κ3) is 1.11. The van der Waals surface area contributed by atoms with Crippen LogP contribution >= 0.6 is 0 Å². The lowest BCUT2D eigenvalue weighted by Gasteiger charge is -2.09. The summed E-state index contributed by atoms with van der Waals surface area (Å²) in [5.74, 6) is 0. The molecule has 0 aliphatic rings. The fourth-order valence-electron chi connectivity index (χ4n) is 2.10. The molecule has 1 aromatic carbocycles. The molecule has 3 aromatic rings. The molecule has 16 heavy (non-hydrogen) atoms. The molecule has 3 nitrogen and oxygen atoms in total. The van der Waals surface area contributed by atoms with Crippen molar-refractivity contribution in [2.45, 2.75) is 13.8 Å².